The summed E-state index contributed by atoms with van der Waals surface area (Å²) in [6, 6.07) is 16.0. The molecular formula is C30H23Cl2F3N6O2. The monoisotopic (exact) mass is 626 g/mol. The summed E-state index contributed by atoms with van der Waals surface area (Å²) in [6.45, 7) is 0. The highest BCUT2D eigenvalue weighted by Gasteiger charge is 2.31. The molecule has 0 fully saturated rings. The second-order valence-electron chi connectivity index (χ2n) is 9.78. The van der Waals surface area contributed by atoms with Crippen LogP contribution in [0.1, 0.15) is 15.9 Å². The quantitative estimate of drug-likeness (QED) is 0.204. The van der Waals surface area contributed by atoms with Crippen molar-refractivity contribution in [1.82, 2.24) is 14.5 Å². The molecule has 43 heavy (non-hydrogen) atoms. The van der Waals surface area contributed by atoms with Crippen molar-refractivity contribution < 1.29 is 18.0 Å². The Morgan fingerprint density at radius 2 is 1.72 bits per heavy atom. The molecule has 0 spiro atoms. The van der Waals surface area contributed by atoms with E-state index in [4.69, 9.17) is 23.2 Å². The molecule has 0 atom stereocenters. The molecule has 0 aliphatic heterocycles. The second-order valence-corrected chi connectivity index (χ2v) is 10.6. The number of aryl methyl sites for hydroxylation is 1. The number of nitrogens with one attached hydrogen (secondary N) is 2. The minimum Gasteiger partial charge on any atom is -0.378 e. The minimum atomic E-state index is -4.62. The standard InChI is InChI=1S/C30H23Cl2F3N6O2/c1-40(2)20-9-7-19(8-10-20)37-29-36-15-17-14-21(28(43)41(3)26(17)39-29)24-22(31)11-12-23(25(24)32)38-27(42)16-5-4-6-18(13-16)30(33,34)35/h4-15H,1-3H3,(H,38,42)(H,36,37,39). The third-order valence-corrected chi connectivity index (χ3v) is 7.36. The van der Waals surface area contributed by atoms with Crippen LogP contribution in [-0.2, 0) is 13.2 Å². The summed E-state index contributed by atoms with van der Waals surface area (Å²) in [7, 11) is 5.42. The van der Waals surface area contributed by atoms with E-state index in [1.165, 1.54) is 29.8 Å². The van der Waals surface area contributed by atoms with Gasteiger partial charge in [-0.05, 0) is 60.7 Å². The first-order chi connectivity index (χ1) is 20.3. The number of aromatic nitrogens is 3. The molecule has 2 heterocycles. The lowest BCUT2D eigenvalue weighted by atomic mass is 10.0. The van der Waals surface area contributed by atoms with Gasteiger partial charge in [0.25, 0.3) is 11.5 Å². The fraction of sp³-hybridized carbons (Fsp3) is 0.133. The average molecular weight is 627 g/mol. The minimum absolute atomic E-state index is 0.0571. The van der Waals surface area contributed by atoms with Gasteiger partial charge >= 0.3 is 6.18 Å². The van der Waals surface area contributed by atoms with Crippen LogP contribution in [0.4, 0.5) is 36.2 Å². The van der Waals surface area contributed by atoms with E-state index >= 15 is 0 Å². The van der Waals surface area contributed by atoms with Crippen molar-refractivity contribution in [3.05, 3.63) is 104 Å². The maximum atomic E-state index is 13.5. The van der Waals surface area contributed by atoms with E-state index in [9.17, 15) is 22.8 Å². The highest BCUT2D eigenvalue weighted by atomic mass is 35.5. The maximum Gasteiger partial charge on any atom is 0.416 e. The number of carbonyl (C=O) groups excluding carboxylic acids is 1. The molecule has 13 heteroatoms. The van der Waals surface area contributed by atoms with Gasteiger partial charge in [0.2, 0.25) is 5.95 Å². The zero-order chi connectivity index (χ0) is 31.1. The summed E-state index contributed by atoms with van der Waals surface area (Å²) in [6.07, 6.45) is -3.07. The lowest BCUT2D eigenvalue weighted by Crippen LogP contribution is -2.20. The van der Waals surface area contributed by atoms with Gasteiger partial charge in [0.1, 0.15) is 5.65 Å². The summed E-state index contributed by atoms with van der Waals surface area (Å²) >= 11 is 13.1. The van der Waals surface area contributed by atoms with E-state index in [-0.39, 0.29) is 38.4 Å². The molecule has 5 aromatic rings. The smallest absolute Gasteiger partial charge is 0.378 e. The van der Waals surface area contributed by atoms with Gasteiger partial charge in [-0.15, -0.1) is 0 Å². The van der Waals surface area contributed by atoms with Crippen LogP contribution in [0.2, 0.25) is 10.0 Å². The molecule has 2 aromatic heterocycles. The van der Waals surface area contributed by atoms with Gasteiger partial charge in [0, 0.05) is 55.2 Å². The normalized spacial score (nSPS) is 11.4. The molecule has 0 aliphatic rings. The number of anilines is 4. The Balaban J connectivity index is 1.48. The lowest BCUT2D eigenvalue weighted by Gasteiger charge is -2.15. The van der Waals surface area contributed by atoms with Crippen LogP contribution >= 0.6 is 23.2 Å². The van der Waals surface area contributed by atoms with E-state index in [2.05, 4.69) is 20.6 Å². The van der Waals surface area contributed by atoms with Gasteiger partial charge in [-0.25, -0.2) is 4.98 Å². The van der Waals surface area contributed by atoms with Gasteiger partial charge in [-0.1, -0.05) is 29.3 Å². The Kier molecular flexibility index (Phi) is 8.04. The molecule has 0 unspecified atom stereocenters. The third kappa shape index (κ3) is 6.13. The largest absolute Gasteiger partial charge is 0.416 e. The van der Waals surface area contributed by atoms with Crippen molar-refractivity contribution >= 4 is 63.2 Å². The van der Waals surface area contributed by atoms with E-state index in [1.54, 1.807) is 12.3 Å². The average Bonchev–Trinajstić information content (AvgIpc) is 2.97. The molecule has 3 aromatic carbocycles. The summed E-state index contributed by atoms with van der Waals surface area (Å²) in [5, 5.41) is 6.21. The zero-order valence-electron chi connectivity index (χ0n) is 22.9. The van der Waals surface area contributed by atoms with E-state index < -0.39 is 23.2 Å². The van der Waals surface area contributed by atoms with Crippen LogP contribution in [0.3, 0.4) is 0 Å². The number of pyridine rings is 1. The van der Waals surface area contributed by atoms with Crippen LogP contribution in [0, 0.1) is 0 Å². The fourth-order valence-corrected chi connectivity index (χ4v) is 5.01. The van der Waals surface area contributed by atoms with Gasteiger partial charge in [-0.2, -0.15) is 18.2 Å². The number of alkyl halides is 3. The van der Waals surface area contributed by atoms with Gasteiger partial charge in [-0.3, -0.25) is 14.2 Å². The van der Waals surface area contributed by atoms with Crippen molar-refractivity contribution in [3.63, 3.8) is 0 Å². The Bertz CT molecular complexity index is 1930. The molecule has 0 saturated heterocycles. The fourth-order valence-electron chi connectivity index (χ4n) is 4.39. The molecule has 2 N–H and O–H groups in total. The highest BCUT2D eigenvalue weighted by Crippen LogP contribution is 2.39. The van der Waals surface area contributed by atoms with Gasteiger partial charge in [0.05, 0.1) is 26.9 Å². The number of carbonyl (C=O) groups is 1. The molecule has 5 rings (SSSR count). The molecule has 0 saturated carbocycles. The first-order valence-corrected chi connectivity index (χ1v) is 13.5. The lowest BCUT2D eigenvalue weighted by molar-refractivity contribution is -0.137. The van der Waals surface area contributed by atoms with Gasteiger partial charge in [0.15, 0.2) is 0 Å². The predicted molar refractivity (Wildman–Crippen MR) is 164 cm³/mol. The molecule has 1 amide bonds. The third-order valence-electron chi connectivity index (χ3n) is 6.65. The van der Waals surface area contributed by atoms with Crippen molar-refractivity contribution in [2.75, 3.05) is 29.6 Å². The van der Waals surface area contributed by atoms with Crippen molar-refractivity contribution in [2.45, 2.75) is 6.18 Å². The zero-order valence-corrected chi connectivity index (χ0v) is 24.4. The molecular weight excluding hydrogens is 604 g/mol. The molecule has 0 bridgehead atoms. The van der Waals surface area contributed by atoms with Crippen LogP contribution in [0.15, 0.2) is 77.7 Å². The van der Waals surface area contributed by atoms with Crippen LogP contribution in [-0.4, -0.2) is 34.5 Å². The van der Waals surface area contributed by atoms with Crippen LogP contribution < -0.4 is 21.1 Å². The van der Waals surface area contributed by atoms with Crippen molar-refractivity contribution in [1.29, 1.82) is 0 Å². The summed E-state index contributed by atoms with van der Waals surface area (Å²) in [4.78, 5) is 37.2. The number of amides is 1. The van der Waals surface area contributed by atoms with Crippen LogP contribution in [0.5, 0.6) is 0 Å². The number of fused-ring (bicyclic) bond motifs is 1. The van der Waals surface area contributed by atoms with E-state index in [0.29, 0.717) is 11.0 Å². The predicted octanol–water partition coefficient (Wildman–Crippen LogP) is 7.38. The molecule has 220 valence electrons. The maximum absolute atomic E-state index is 13.5. The van der Waals surface area contributed by atoms with E-state index in [1.807, 2.05) is 43.3 Å². The Morgan fingerprint density at radius 3 is 2.40 bits per heavy atom. The van der Waals surface area contributed by atoms with Crippen LogP contribution in [0.25, 0.3) is 22.2 Å². The van der Waals surface area contributed by atoms with Crippen molar-refractivity contribution in [2.24, 2.45) is 7.05 Å². The molecule has 0 radical (unpaired) electrons. The summed E-state index contributed by atoms with van der Waals surface area (Å²) < 4.78 is 40.7. The Hall–Kier alpha value is -4.61. The topological polar surface area (TPSA) is 92.1 Å². The van der Waals surface area contributed by atoms with E-state index in [0.717, 1.165) is 29.6 Å². The number of halogens is 5. The SMILES string of the molecule is CN(C)c1ccc(Nc2ncc3cc(-c4c(Cl)ccc(NC(=O)c5cccc(C(F)(F)F)c5)c4Cl)c(=O)n(C)c3n2)cc1. The number of benzene rings is 3. The first kappa shape index (κ1) is 29.9. The summed E-state index contributed by atoms with van der Waals surface area (Å²) in [5.41, 5.74) is 0.770. The highest BCUT2D eigenvalue weighted by molar-refractivity contribution is 6.41. The Labute approximate surface area is 253 Å². The summed E-state index contributed by atoms with van der Waals surface area (Å²) in [5.74, 6) is -0.541. The van der Waals surface area contributed by atoms with Gasteiger partial charge < -0.3 is 15.5 Å². The number of rotatable bonds is 6. The first-order valence-electron chi connectivity index (χ1n) is 12.7. The molecule has 8 nitrogen and oxygen atoms in total. The van der Waals surface area contributed by atoms with Crippen molar-refractivity contribution in [3.8, 4) is 11.1 Å². The number of nitrogens with zero attached hydrogens (tertiary/aromatic N) is 4. The molecule has 0 aliphatic carbocycles. The second kappa shape index (κ2) is 11.6. The Morgan fingerprint density at radius 1 is 1.00 bits per heavy atom. The number of hydrogen-bond acceptors (Lipinski definition) is 6. The number of hydrogen-bond donors (Lipinski definition) is 2.